The van der Waals surface area contributed by atoms with Crippen LogP contribution >= 0.6 is 0 Å². The van der Waals surface area contributed by atoms with Crippen LogP contribution in [0.1, 0.15) is 45.1 Å². The summed E-state index contributed by atoms with van der Waals surface area (Å²) in [5.74, 6) is 0. The van der Waals surface area contributed by atoms with Crippen molar-refractivity contribution in [3.8, 4) is 0 Å². The molecule has 0 spiro atoms. The first-order valence-electron chi connectivity index (χ1n) is 7.39. The molecular weight excluding hydrogens is 220 g/mol. The van der Waals surface area contributed by atoms with Crippen LogP contribution in [0, 0.1) is 0 Å². The van der Waals surface area contributed by atoms with Crippen LogP contribution < -0.4 is 5.32 Å². The smallest absolute Gasteiger partial charge is 0.0345 e. The van der Waals surface area contributed by atoms with Crippen LogP contribution in [0.4, 0.5) is 5.69 Å². The second-order valence-corrected chi connectivity index (χ2v) is 5.29. The first-order valence-corrected chi connectivity index (χ1v) is 7.39. The second kappa shape index (κ2) is 6.79. The maximum absolute atomic E-state index is 3.67. The lowest BCUT2D eigenvalue weighted by Crippen LogP contribution is -2.22. The minimum atomic E-state index is 0.703. The van der Waals surface area contributed by atoms with E-state index in [1.807, 2.05) is 0 Å². The van der Waals surface area contributed by atoms with Crippen LogP contribution in [0.25, 0.3) is 0 Å². The summed E-state index contributed by atoms with van der Waals surface area (Å²) < 4.78 is 0. The minimum absolute atomic E-state index is 0.703. The Balaban J connectivity index is 1.95. The predicted octanol–water partition coefficient (Wildman–Crippen LogP) is 3.88. The lowest BCUT2D eigenvalue weighted by molar-refractivity contribution is 0.296. The van der Waals surface area contributed by atoms with E-state index in [9.17, 15) is 0 Å². The molecule has 0 heterocycles. The van der Waals surface area contributed by atoms with E-state index in [0.29, 0.717) is 6.04 Å². The summed E-state index contributed by atoms with van der Waals surface area (Å²) in [4.78, 5) is 2.45. The van der Waals surface area contributed by atoms with Crippen molar-refractivity contribution in [3.05, 3.63) is 29.8 Å². The molecule has 0 aromatic heterocycles. The molecule has 2 heteroatoms. The number of nitrogens with one attached hydrogen (secondary N) is 1. The van der Waals surface area contributed by atoms with Gasteiger partial charge in [-0.15, -0.1) is 0 Å². The highest BCUT2D eigenvalue weighted by Gasteiger charge is 2.14. The quantitative estimate of drug-likeness (QED) is 0.819. The van der Waals surface area contributed by atoms with Crippen molar-refractivity contribution >= 4 is 5.69 Å². The minimum Gasteiger partial charge on any atom is -0.382 e. The van der Waals surface area contributed by atoms with Crippen molar-refractivity contribution in [1.29, 1.82) is 0 Å². The highest BCUT2D eigenvalue weighted by molar-refractivity contribution is 5.46. The average Bonchev–Trinajstić information content (AvgIpc) is 2.89. The van der Waals surface area contributed by atoms with Gasteiger partial charge in [-0.05, 0) is 43.6 Å². The van der Waals surface area contributed by atoms with Crippen LogP contribution in [0.2, 0.25) is 0 Å². The molecule has 2 nitrogen and oxygen atoms in total. The Hall–Kier alpha value is -1.02. The van der Waals surface area contributed by atoms with Gasteiger partial charge in [-0.3, -0.25) is 4.90 Å². The monoisotopic (exact) mass is 246 g/mol. The predicted molar refractivity (Wildman–Crippen MR) is 78.9 cm³/mol. The van der Waals surface area contributed by atoms with Gasteiger partial charge in [-0.1, -0.05) is 38.8 Å². The fraction of sp³-hybridized carbons (Fsp3) is 0.625. The van der Waals surface area contributed by atoms with Crippen LogP contribution in [-0.2, 0) is 6.54 Å². The Labute approximate surface area is 111 Å². The number of hydrogen-bond donors (Lipinski definition) is 1. The molecule has 0 unspecified atom stereocenters. The van der Waals surface area contributed by atoms with E-state index in [4.69, 9.17) is 0 Å². The molecule has 1 aliphatic rings. The summed E-state index contributed by atoms with van der Waals surface area (Å²) in [5, 5.41) is 3.67. The summed E-state index contributed by atoms with van der Waals surface area (Å²) in [6.07, 6.45) is 5.44. The third-order valence-electron chi connectivity index (χ3n) is 3.95. The number of hydrogen-bond acceptors (Lipinski definition) is 2. The van der Waals surface area contributed by atoms with Crippen LogP contribution in [-0.4, -0.2) is 24.0 Å². The summed E-state index contributed by atoms with van der Waals surface area (Å²) in [6, 6.07) is 9.63. The largest absolute Gasteiger partial charge is 0.382 e. The van der Waals surface area contributed by atoms with Gasteiger partial charge in [-0.2, -0.15) is 0 Å². The molecule has 1 fully saturated rings. The molecule has 2 rings (SSSR count). The normalized spacial score (nSPS) is 16.4. The van der Waals surface area contributed by atoms with Gasteiger partial charge in [0.05, 0.1) is 0 Å². The fourth-order valence-electron chi connectivity index (χ4n) is 2.77. The van der Waals surface area contributed by atoms with Gasteiger partial charge in [-0.25, -0.2) is 0 Å². The van der Waals surface area contributed by atoms with Gasteiger partial charge >= 0.3 is 0 Å². The highest BCUT2D eigenvalue weighted by Crippen LogP contribution is 2.23. The molecule has 1 aliphatic carbocycles. The molecule has 1 aromatic carbocycles. The van der Waals surface area contributed by atoms with Crippen molar-refractivity contribution in [1.82, 2.24) is 4.90 Å². The zero-order valence-electron chi connectivity index (χ0n) is 11.8. The van der Waals surface area contributed by atoms with Gasteiger partial charge < -0.3 is 5.32 Å². The maximum atomic E-state index is 3.67. The topological polar surface area (TPSA) is 15.3 Å². The first kappa shape index (κ1) is 13.4. The van der Waals surface area contributed by atoms with E-state index in [-0.39, 0.29) is 0 Å². The number of benzene rings is 1. The molecule has 0 saturated heterocycles. The Kier molecular flexibility index (Phi) is 5.06. The van der Waals surface area contributed by atoms with Crippen LogP contribution in [0.15, 0.2) is 24.3 Å². The van der Waals surface area contributed by atoms with E-state index in [1.54, 1.807) is 0 Å². The zero-order valence-corrected chi connectivity index (χ0v) is 11.8. The third kappa shape index (κ3) is 3.74. The van der Waals surface area contributed by atoms with Gasteiger partial charge in [0.1, 0.15) is 0 Å². The standard InChI is InChI=1S/C16H26N2/c1-3-18(4-2)13-14-8-7-11-16(12-14)17-15-9-5-6-10-15/h7-8,11-12,15,17H,3-6,9-10,13H2,1-2H3. The molecular formula is C16H26N2. The van der Waals surface area contributed by atoms with Gasteiger partial charge in [0, 0.05) is 18.3 Å². The molecule has 0 radical (unpaired) electrons. The number of nitrogens with zero attached hydrogens (tertiary/aromatic N) is 1. The number of rotatable bonds is 6. The van der Waals surface area contributed by atoms with Crippen LogP contribution in [0.5, 0.6) is 0 Å². The van der Waals surface area contributed by atoms with E-state index in [0.717, 1.165) is 19.6 Å². The van der Waals surface area contributed by atoms with Crippen molar-refractivity contribution in [3.63, 3.8) is 0 Å². The van der Waals surface area contributed by atoms with Gasteiger partial charge in [0.2, 0.25) is 0 Å². The van der Waals surface area contributed by atoms with E-state index in [1.165, 1.54) is 36.9 Å². The van der Waals surface area contributed by atoms with Crippen molar-refractivity contribution in [2.75, 3.05) is 18.4 Å². The second-order valence-electron chi connectivity index (χ2n) is 5.29. The Morgan fingerprint density at radius 1 is 1.17 bits per heavy atom. The molecule has 1 N–H and O–H groups in total. The van der Waals surface area contributed by atoms with E-state index >= 15 is 0 Å². The molecule has 0 amide bonds. The summed E-state index contributed by atoms with van der Waals surface area (Å²) in [5.41, 5.74) is 2.72. The molecule has 1 aromatic rings. The molecule has 100 valence electrons. The number of anilines is 1. The summed E-state index contributed by atoms with van der Waals surface area (Å²) in [6.45, 7) is 7.76. The third-order valence-corrected chi connectivity index (χ3v) is 3.95. The Morgan fingerprint density at radius 3 is 2.56 bits per heavy atom. The lowest BCUT2D eigenvalue weighted by atomic mass is 10.1. The van der Waals surface area contributed by atoms with E-state index in [2.05, 4.69) is 48.3 Å². The molecule has 1 saturated carbocycles. The van der Waals surface area contributed by atoms with Crippen LogP contribution in [0.3, 0.4) is 0 Å². The molecule has 0 aliphatic heterocycles. The molecule has 0 bridgehead atoms. The van der Waals surface area contributed by atoms with Crippen molar-refractivity contribution < 1.29 is 0 Å². The maximum Gasteiger partial charge on any atom is 0.0345 e. The summed E-state index contributed by atoms with van der Waals surface area (Å²) in [7, 11) is 0. The SMILES string of the molecule is CCN(CC)Cc1cccc(NC2CCCC2)c1. The van der Waals surface area contributed by atoms with Gasteiger partial charge in [0.15, 0.2) is 0 Å². The van der Waals surface area contributed by atoms with Crippen molar-refractivity contribution in [2.45, 2.75) is 52.1 Å². The zero-order chi connectivity index (χ0) is 12.8. The highest BCUT2D eigenvalue weighted by atomic mass is 15.1. The first-order chi connectivity index (χ1) is 8.81. The molecule has 0 atom stereocenters. The fourth-order valence-corrected chi connectivity index (χ4v) is 2.77. The Bertz CT molecular complexity index is 333. The van der Waals surface area contributed by atoms with Crippen molar-refractivity contribution in [2.24, 2.45) is 0 Å². The van der Waals surface area contributed by atoms with E-state index < -0.39 is 0 Å². The average molecular weight is 246 g/mol. The summed E-state index contributed by atoms with van der Waals surface area (Å²) >= 11 is 0. The lowest BCUT2D eigenvalue weighted by Gasteiger charge is -2.19. The Morgan fingerprint density at radius 2 is 1.89 bits per heavy atom. The van der Waals surface area contributed by atoms with Gasteiger partial charge in [0.25, 0.3) is 0 Å². The molecule has 18 heavy (non-hydrogen) atoms.